The molecule has 3 unspecified atom stereocenters. The van der Waals surface area contributed by atoms with E-state index in [0.717, 1.165) is 11.3 Å². The number of hydroxylamine groups is 1. The molecule has 3 atom stereocenters. The van der Waals surface area contributed by atoms with Crippen LogP contribution in [0.3, 0.4) is 0 Å². The first kappa shape index (κ1) is 21.0. The Bertz CT molecular complexity index is 1160. The topological polar surface area (TPSA) is 68.3 Å². The number of carbonyl (C=O) groups excluding carboxylic acids is 2. The van der Waals surface area contributed by atoms with E-state index in [1.807, 2.05) is 61.5 Å². The van der Waals surface area contributed by atoms with Crippen LogP contribution in [0.15, 0.2) is 78.9 Å². The molecule has 5 rings (SSSR count). The minimum atomic E-state index is -0.916. The van der Waals surface area contributed by atoms with Crippen molar-refractivity contribution >= 4 is 23.2 Å². The second-order valence-corrected chi connectivity index (χ2v) is 7.87. The lowest BCUT2D eigenvalue weighted by Crippen LogP contribution is -2.37. The molecule has 7 heteroatoms. The van der Waals surface area contributed by atoms with Gasteiger partial charge < -0.3 is 9.47 Å². The van der Waals surface area contributed by atoms with E-state index in [4.69, 9.17) is 14.3 Å². The highest BCUT2D eigenvalue weighted by molar-refractivity contribution is 6.23. The summed E-state index contributed by atoms with van der Waals surface area (Å²) < 4.78 is 10.9. The first-order valence-corrected chi connectivity index (χ1v) is 10.9. The van der Waals surface area contributed by atoms with Crippen molar-refractivity contribution in [1.29, 1.82) is 0 Å². The average molecular weight is 444 g/mol. The number of para-hydroxylation sites is 1. The van der Waals surface area contributed by atoms with Gasteiger partial charge >= 0.3 is 0 Å². The zero-order chi connectivity index (χ0) is 22.9. The van der Waals surface area contributed by atoms with Gasteiger partial charge in [0.05, 0.1) is 31.1 Å². The SMILES string of the molecule is CCOc1ccc(N2C(=O)C3ON(c4ccccc4)C(c4cccc(OC)c4)C3C2=O)cc1. The Kier molecular flexibility index (Phi) is 5.48. The fourth-order valence-electron chi connectivity index (χ4n) is 4.49. The summed E-state index contributed by atoms with van der Waals surface area (Å²) >= 11 is 0. The molecule has 0 aromatic heterocycles. The van der Waals surface area contributed by atoms with Gasteiger partial charge in [-0.2, -0.15) is 0 Å². The van der Waals surface area contributed by atoms with Gasteiger partial charge in [0.2, 0.25) is 5.91 Å². The number of carbonyl (C=O) groups is 2. The fraction of sp³-hybridized carbons (Fsp3) is 0.231. The summed E-state index contributed by atoms with van der Waals surface area (Å²) in [7, 11) is 1.60. The van der Waals surface area contributed by atoms with Crippen LogP contribution in [0.5, 0.6) is 11.5 Å². The number of rotatable bonds is 6. The molecule has 0 bridgehead atoms. The van der Waals surface area contributed by atoms with Crippen LogP contribution in [0.1, 0.15) is 18.5 Å². The van der Waals surface area contributed by atoms with Crippen LogP contribution >= 0.6 is 0 Å². The van der Waals surface area contributed by atoms with Crippen LogP contribution in [-0.2, 0) is 14.4 Å². The molecule has 2 saturated heterocycles. The highest BCUT2D eigenvalue weighted by atomic mass is 16.7. The van der Waals surface area contributed by atoms with Crippen LogP contribution < -0.4 is 19.4 Å². The number of benzene rings is 3. The lowest BCUT2D eigenvalue weighted by Gasteiger charge is -2.29. The van der Waals surface area contributed by atoms with Crippen molar-refractivity contribution in [2.75, 3.05) is 23.7 Å². The third kappa shape index (κ3) is 3.60. The number of imide groups is 1. The minimum absolute atomic E-state index is 0.291. The van der Waals surface area contributed by atoms with Crippen molar-refractivity contribution in [3.63, 3.8) is 0 Å². The van der Waals surface area contributed by atoms with Crippen LogP contribution in [0.25, 0.3) is 0 Å². The van der Waals surface area contributed by atoms with E-state index in [2.05, 4.69) is 0 Å². The number of anilines is 2. The molecule has 3 aromatic rings. The molecule has 168 valence electrons. The summed E-state index contributed by atoms with van der Waals surface area (Å²) in [6.45, 7) is 2.44. The molecule has 3 aromatic carbocycles. The number of nitrogens with zero attached hydrogens (tertiary/aromatic N) is 2. The van der Waals surface area contributed by atoms with Crippen molar-refractivity contribution in [2.45, 2.75) is 19.1 Å². The monoisotopic (exact) mass is 444 g/mol. The normalized spacial score (nSPS) is 21.9. The van der Waals surface area contributed by atoms with Gasteiger partial charge in [-0.15, -0.1) is 0 Å². The van der Waals surface area contributed by atoms with Gasteiger partial charge in [0.1, 0.15) is 17.4 Å². The Balaban J connectivity index is 1.54. The summed E-state index contributed by atoms with van der Waals surface area (Å²) in [5.74, 6) is -0.0114. The molecule has 0 radical (unpaired) electrons. The molecule has 2 amide bonds. The predicted molar refractivity (Wildman–Crippen MR) is 123 cm³/mol. The van der Waals surface area contributed by atoms with Crippen LogP contribution in [0.2, 0.25) is 0 Å². The highest BCUT2D eigenvalue weighted by Crippen LogP contribution is 2.48. The van der Waals surface area contributed by atoms with Gasteiger partial charge in [-0.05, 0) is 61.0 Å². The van der Waals surface area contributed by atoms with Crippen molar-refractivity contribution < 1.29 is 23.9 Å². The van der Waals surface area contributed by atoms with Gasteiger partial charge in [-0.25, -0.2) is 9.96 Å². The van der Waals surface area contributed by atoms with E-state index in [0.29, 0.717) is 23.8 Å². The number of fused-ring (bicyclic) bond motifs is 1. The zero-order valence-corrected chi connectivity index (χ0v) is 18.4. The maximum atomic E-state index is 13.7. The third-order valence-corrected chi connectivity index (χ3v) is 5.97. The highest BCUT2D eigenvalue weighted by Gasteiger charge is 2.60. The van der Waals surface area contributed by atoms with E-state index in [1.54, 1.807) is 36.4 Å². The van der Waals surface area contributed by atoms with Gasteiger partial charge in [-0.1, -0.05) is 30.3 Å². The Hall–Kier alpha value is -3.84. The molecule has 2 aliphatic rings. The number of ether oxygens (including phenoxy) is 2. The zero-order valence-electron chi connectivity index (χ0n) is 18.4. The fourth-order valence-corrected chi connectivity index (χ4v) is 4.49. The van der Waals surface area contributed by atoms with Gasteiger partial charge in [0, 0.05) is 0 Å². The molecular weight excluding hydrogens is 420 g/mol. The van der Waals surface area contributed by atoms with Crippen LogP contribution in [0, 0.1) is 5.92 Å². The summed E-state index contributed by atoms with van der Waals surface area (Å²) in [5, 5.41) is 1.68. The van der Waals surface area contributed by atoms with Crippen molar-refractivity contribution in [3.05, 3.63) is 84.4 Å². The molecule has 2 aliphatic heterocycles. The van der Waals surface area contributed by atoms with Gasteiger partial charge in [0.15, 0.2) is 6.10 Å². The third-order valence-electron chi connectivity index (χ3n) is 5.97. The largest absolute Gasteiger partial charge is 0.497 e. The second-order valence-electron chi connectivity index (χ2n) is 7.87. The summed E-state index contributed by atoms with van der Waals surface area (Å²) in [5.41, 5.74) is 2.11. The lowest BCUT2D eigenvalue weighted by atomic mass is 9.90. The molecule has 0 N–H and O–H groups in total. The quantitative estimate of drug-likeness (QED) is 0.532. The number of amides is 2. The number of methoxy groups -OCH3 is 1. The predicted octanol–water partition coefficient (Wildman–Crippen LogP) is 4.15. The minimum Gasteiger partial charge on any atom is -0.497 e. The molecular formula is C26H24N2O5. The molecule has 0 spiro atoms. The smallest absolute Gasteiger partial charge is 0.266 e. The summed E-state index contributed by atoms with van der Waals surface area (Å²) in [6, 6.07) is 23.5. The van der Waals surface area contributed by atoms with E-state index >= 15 is 0 Å². The van der Waals surface area contributed by atoms with Gasteiger partial charge in [-0.3, -0.25) is 14.4 Å². The Labute approximate surface area is 192 Å². The van der Waals surface area contributed by atoms with Crippen molar-refractivity contribution in [2.24, 2.45) is 5.92 Å². The van der Waals surface area contributed by atoms with E-state index in [1.165, 1.54) is 4.90 Å². The van der Waals surface area contributed by atoms with Crippen molar-refractivity contribution in [1.82, 2.24) is 0 Å². The van der Waals surface area contributed by atoms with E-state index in [9.17, 15) is 9.59 Å². The Morgan fingerprint density at radius 2 is 1.61 bits per heavy atom. The standard InChI is InChI=1S/C26H24N2O5/c1-3-32-20-14-12-18(13-15-20)27-25(29)22-23(17-8-7-11-21(16-17)31-2)28(33-24(22)26(27)30)19-9-5-4-6-10-19/h4-16,22-24H,3H2,1-2H3. The van der Waals surface area contributed by atoms with Crippen LogP contribution in [-0.4, -0.2) is 31.6 Å². The average Bonchev–Trinajstić information content (AvgIpc) is 3.36. The molecule has 2 fully saturated rings. The van der Waals surface area contributed by atoms with E-state index < -0.39 is 18.1 Å². The Morgan fingerprint density at radius 1 is 0.848 bits per heavy atom. The maximum Gasteiger partial charge on any atom is 0.266 e. The second kappa shape index (κ2) is 8.60. The van der Waals surface area contributed by atoms with Crippen LogP contribution in [0.4, 0.5) is 11.4 Å². The van der Waals surface area contributed by atoms with E-state index in [-0.39, 0.29) is 11.8 Å². The molecule has 7 nitrogen and oxygen atoms in total. The molecule has 0 aliphatic carbocycles. The molecule has 2 heterocycles. The molecule has 33 heavy (non-hydrogen) atoms. The summed E-state index contributed by atoms with van der Waals surface area (Å²) in [6.07, 6.45) is -0.916. The summed E-state index contributed by atoms with van der Waals surface area (Å²) in [4.78, 5) is 34.4. The van der Waals surface area contributed by atoms with Crippen molar-refractivity contribution in [3.8, 4) is 11.5 Å². The maximum absolute atomic E-state index is 13.7. The first-order chi connectivity index (χ1) is 16.1. The number of hydrogen-bond acceptors (Lipinski definition) is 6. The Morgan fingerprint density at radius 3 is 2.30 bits per heavy atom. The van der Waals surface area contributed by atoms with Gasteiger partial charge in [0.25, 0.3) is 5.91 Å². The number of hydrogen-bond donors (Lipinski definition) is 0. The molecule has 0 saturated carbocycles. The lowest BCUT2D eigenvalue weighted by molar-refractivity contribution is -0.126. The first-order valence-electron chi connectivity index (χ1n) is 10.9.